The van der Waals surface area contributed by atoms with Crippen molar-refractivity contribution in [3.63, 3.8) is 0 Å². The minimum absolute atomic E-state index is 0. The van der Waals surface area contributed by atoms with Gasteiger partial charge < -0.3 is 33.5 Å². The van der Waals surface area contributed by atoms with E-state index in [0.29, 0.717) is 0 Å². The third-order valence-electron chi connectivity index (χ3n) is 24.2. The molecule has 1 atom stereocenters. The van der Waals surface area contributed by atoms with Gasteiger partial charge in [-0.3, -0.25) is 0 Å². The van der Waals surface area contributed by atoms with Gasteiger partial charge in [0, 0.05) is 128 Å². The molecule has 0 saturated heterocycles. The number of benzene rings is 14. The zero-order chi connectivity index (χ0) is 84.4. The molecule has 0 amide bonds. The summed E-state index contributed by atoms with van der Waals surface area (Å²) >= 11 is 3.09. The van der Waals surface area contributed by atoms with Crippen molar-refractivity contribution >= 4 is 140 Å². The predicted octanol–water partition coefficient (Wildman–Crippen LogP) is 25.5. The monoisotopic (exact) mass is 2260 g/mol. The minimum Gasteiger partial charge on any atom is -0.310 e. The van der Waals surface area contributed by atoms with Gasteiger partial charge in [-0.25, -0.2) is 0 Å². The molecule has 0 fully saturated rings. The van der Waals surface area contributed by atoms with Crippen LogP contribution in [0.15, 0.2) is 375 Å². The van der Waals surface area contributed by atoms with Crippen LogP contribution in [0.25, 0.3) is 88.3 Å². The summed E-state index contributed by atoms with van der Waals surface area (Å²) in [7, 11) is -9.54. The van der Waals surface area contributed by atoms with Crippen LogP contribution in [0, 0.1) is 45.9 Å². The number of fused-ring (bicyclic) bond motifs is 9. The maximum absolute atomic E-state index is 16.3. The Bertz CT molecular complexity index is 7230. The van der Waals surface area contributed by atoms with Crippen LogP contribution in [0.5, 0.6) is 0 Å². The molecule has 0 spiro atoms. The van der Waals surface area contributed by atoms with E-state index < -0.39 is 21.4 Å². The van der Waals surface area contributed by atoms with Crippen molar-refractivity contribution in [2.24, 2.45) is 0 Å². The maximum atomic E-state index is 16.3. The number of rotatable bonds is 15. The van der Waals surface area contributed by atoms with Crippen molar-refractivity contribution in [3.05, 3.63) is 438 Å². The Morgan fingerprint density at radius 3 is 0.976 bits per heavy atom. The summed E-state index contributed by atoms with van der Waals surface area (Å²) in [5.74, 6) is 0. The van der Waals surface area contributed by atoms with Gasteiger partial charge in [-0.15, -0.1) is 112 Å². The largest absolute Gasteiger partial charge is 0.310 e. The zero-order valence-corrected chi connectivity index (χ0v) is 82.0. The molecule has 3 radical (unpaired) electrons. The minimum atomic E-state index is -3.39. The molecular weight excluding hydrogens is 2170 g/mol. The third-order valence-corrected chi connectivity index (χ3v) is 36.3. The van der Waals surface area contributed by atoms with Gasteiger partial charge in [0.25, 0.3) is 0 Å². The van der Waals surface area contributed by atoms with Crippen LogP contribution in [0.3, 0.4) is 0 Å². The van der Waals surface area contributed by atoms with Crippen molar-refractivity contribution in [2.45, 2.75) is 66.2 Å². The molecule has 5 heterocycles. The second kappa shape index (κ2) is 36.5. The summed E-state index contributed by atoms with van der Waals surface area (Å²) in [6.07, 6.45) is 5.67. The van der Waals surface area contributed by atoms with Crippen LogP contribution >= 0.6 is 44.1 Å². The first kappa shape index (κ1) is 88.6. The number of hydrogen-bond acceptors (Lipinski definition) is 9. The topological polar surface area (TPSA) is 93.1 Å². The molecule has 14 aromatic carbocycles. The molecular formula is C111H86Ir3N4O3P3S2-3. The van der Waals surface area contributed by atoms with Crippen molar-refractivity contribution < 1.29 is 74.0 Å². The van der Waals surface area contributed by atoms with Gasteiger partial charge >= 0.3 is 0 Å². The number of aryl methyl sites for hydroxylation is 4. The number of thiophene rings is 2. The molecule has 2 aliphatic rings. The normalized spacial score (nSPS) is 13.0. The molecule has 625 valence electrons. The van der Waals surface area contributed by atoms with Gasteiger partial charge in [-0.05, 0) is 227 Å². The molecule has 2 aliphatic carbocycles. The molecule has 0 saturated carbocycles. The Hall–Kier alpha value is -10.9. The number of hydrogen-bond donors (Lipinski definition) is 0. The van der Waals surface area contributed by atoms with Crippen LogP contribution in [-0.2, 0) is 84.8 Å². The van der Waals surface area contributed by atoms with Crippen molar-refractivity contribution in [1.29, 1.82) is 0 Å². The Kier molecular flexibility index (Phi) is 25.6. The van der Waals surface area contributed by atoms with Crippen LogP contribution in [-0.4, -0.2) is 15.0 Å². The molecule has 19 aromatic rings. The van der Waals surface area contributed by atoms with Gasteiger partial charge in [0.15, 0.2) is 21.4 Å². The van der Waals surface area contributed by atoms with Crippen LogP contribution in [0.1, 0.15) is 72.2 Å². The van der Waals surface area contributed by atoms with Gasteiger partial charge in [0.05, 0.1) is 9.24 Å². The summed E-state index contributed by atoms with van der Waals surface area (Å²) in [5, 5.41) is 16.2. The van der Waals surface area contributed by atoms with Gasteiger partial charge in [-0.1, -0.05) is 262 Å². The molecule has 5 aromatic heterocycles. The first-order valence-corrected chi connectivity index (χ1v) is 48.2. The molecule has 15 heteroatoms. The van der Waals surface area contributed by atoms with E-state index in [9.17, 15) is 4.57 Å². The molecule has 0 aliphatic heterocycles. The molecule has 7 nitrogen and oxygen atoms in total. The van der Waals surface area contributed by atoms with Crippen molar-refractivity contribution in [2.75, 3.05) is 4.90 Å². The smallest absolute Gasteiger partial charge is 0.172 e. The van der Waals surface area contributed by atoms with Crippen LogP contribution < -0.4 is 51.3 Å². The Balaban J connectivity index is 0.000000142. The van der Waals surface area contributed by atoms with Crippen LogP contribution in [0.4, 0.5) is 17.1 Å². The van der Waals surface area contributed by atoms with E-state index in [2.05, 4.69) is 265 Å². The average molecular weight is 2260 g/mol. The molecule has 0 bridgehead atoms. The molecule has 0 N–H and O–H groups in total. The Morgan fingerprint density at radius 2 is 0.595 bits per heavy atom. The van der Waals surface area contributed by atoms with Crippen LogP contribution in [0.2, 0.25) is 0 Å². The summed E-state index contributed by atoms with van der Waals surface area (Å²) in [6.45, 7) is 17.7. The van der Waals surface area contributed by atoms with Gasteiger partial charge in [0.2, 0.25) is 0 Å². The first-order chi connectivity index (χ1) is 59.7. The first-order valence-electron chi connectivity index (χ1n) is 41.3. The Morgan fingerprint density at radius 1 is 0.278 bits per heavy atom. The van der Waals surface area contributed by atoms with E-state index in [1.807, 2.05) is 193 Å². The Labute approximate surface area is 786 Å². The van der Waals surface area contributed by atoms with E-state index in [-0.39, 0.29) is 71.1 Å². The van der Waals surface area contributed by atoms with E-state index in [1.54, 1.807) is 22.7 Å². The van der Waals surface area contributed by atoms with E-state index in [0.717, 1.165) is 130 Å². The number of pyridine rings is 3. The quantitative estimate of drug-likeness (QED) is 0.0746. The second-order valence-corrected chi connectivity index (χ2v) is 43.8. The van der Waals surface area contributed by atoms with Crippen molar-refractivity contribution in [3.8, 4) is 56.0 Å². The second-order valence-electron chi connectivity index (χ2n) is 33.0. The fraction of sp³-hybridized carbons (Fsp3) is 0.0901. The van der Waals surface area contributed by atoms with Gasteiger partial charge in [-0.2, -0.15) is 0 Å². The number of aromatic nitrogens is 3. The summed E-state index contributed by atoms with van der Waals surface area (Å²) in [5.41, 5.74) is 22.6. The van der Waals surface area contributed by atoms with E-state index in [4.69, 9.17) is 9.97 Å². The van der Waals surface area contributed by atoms with E-state index in [1.165, 1.54) is 66.8 Å². The molecule has 21 rings (SSSR count). The fourth-order valence-corrected chi connectivity index (χ4v) is 29.2. The number of anilines is 3. The zero-order valence-electron chi connectivity index (χ0n) is 70.5. The predicted molar refractivity (Wildman–Crippen MR) is 521 cm³/mol. The maximum Gasteiger partial charge on any atom is 0.172 e. The van der Waals surface area contributed by atoms with Gasteiger partial charge in [0.1, 0.15) is 0 Å². The standard InChI is InChI=1S/C45H35NOP.C43H36N2OP.C23H15NOPS2.3Ir/c1-44(2)39-18-9-7-16-35(39)37-26-33(20-22-41(37)44)48(47,34-21-23-42-38(27-34)36-17-8-10-19-40(36)45(42,3)4)32-15-11-14-30(24-32)43-25-29-12-5-6-13-31(29)28-46-43;1-30-21-31(2)24-38(23-30)45(39-25-32(3)22-33(4)26-39)37-17-19-41(20-18-37)47(46,40-14-6-5-7-15-40)42-16-10-13-35(27-42)43-28-34-11-8-9-12-36(34)29-44-43;25-26(22-10-4-12-27-22,23-11-5-13-28-23)20-9-3-8-18(14-20)21-15-17-6-1-2-7-19(17)16-24-21;;;/h5-13,15-28H,1-4H3;5-12,14-29H,1-4H3;1-7,9-16H;;;/q3*-1;;;. The number of nitrogens with zero attached hydrogens (tertiary/aromatic N) is 4. The SMILES string of the molecule is CC1(C)c2ccccc2-c2cc(P(=O)(c3cc[c-]c(-c4cc5ccccc5cn4)c3)c3ccc4c(c3)-c3ccccc3C4(C)C)ccc21.Cc1cc(C)cc(N(c2ccc(P(=O)(c3ccccc3)c3cc[c-]c(-c4cc5ccccc5cn4)c3)cc2)c2cc(C)cc(C)c2)c1.O=P(c1cc[c-]c(-c2cc3ccccc3cn2)c1)(c1cccs1)c1cccs1.[Ir].[Ir].[Ir]. The fourth-order valence-electron chi connectivity index (χ4n) is 18.1. The summed E-state index contributed by atoms with van der Waals surface area (Å²) < 4.78 is 48.0. The van der Waals surface area contributed by atoms with Crippen molar-refractivity contribution in [1.82, 2.24) is 15.0 Å². The summed E-state index contributed by atoms with van der Waals surface area (Å²) in [4.78, 5) is 16.4. The molecule has 126 heavy (non-hydrogen) atoms. The van der Waals surface area contributed by atoms with E-state index >= 15 is 9.13 Å². The summed E-state index contributed by atoms with van der Waals surface area (Å²) in [6, 6.07) is 128. The third kappa shape index (κ3) is 16.6. The average Bonchev–Trinajstić information content (AvgIpc) is 1.54. The molecule has 1 unspecified atom stereocenters.